The Balaban J connectivity index is 2.93. The van der Waals surface area contributed by atoms with Crippen LogP contribution in [0.4, 0.5) is 0 Å². The van der Waals surface area contributed by atoms with Crippen LogP contribution in [0.2, 0.25) is 10.0 Å². The molecular weight excluding hydrogens is 281 g/mol. The molecule has 0 bridgehead atoms. The topological polar surface area (TPSA) is 49.3 Å². The normalized spacial score (nSPS) is 12.3. The summed E-state index contributed by atoms with van der Waals surface area (Å²) in [7, 11) is 0. The van der Waals surface area contributed by atoms with E-state index in [4.69, 9.17) is 28.3 Å². The van der Waals surface area contributed by atoms with Crippen LogP contribution in [0.15, 0.2) is 17.0 Å². The van der Waals surface area contributed by atoms with Crippen LogP contribution in [-0.4, -0.2) is 29.9 Å². The number of carbonyl (C=O) groups excluding carboxylic acids is 1. The van der Waals surface area contributed by atoms with Crippen molar-refractivity contribution in [1.29, 1.82) is 0 Å². The Morgan fingerprint density at radius 3 is 2.65 bits per heavy atom. The molecular formula is C11H13Cl2NO2S. The molecule has 0 aliphatic heterocycles. The molecule has 1 rings (SSSR count). The highest BCUT2D eigenvalue weighted by molar-refractivity contribution is 7.98. The van der Waals surface area contributed by atoms with Crippen LogP contribution in [0.5, 0.6) is 0 Å². The van der Waals surface area contributed by atoms with Gasteiger partial charge in [0.15, 0.2) is 0 Å². The minimum atomic E-state index is -0.593. The second kappa shape index (κ2) is 6.50. The van der Waals surface area contributed by atoms with E-state index in [2.05, 4.69) is 5.32 Å². The van der Waals surface area contributed by atoms with Gasteiger partial charge in [-0.1, -0.05) is 23.2 Å². The quantitative estimate of drug-likeness (QED) is 0.840. The highest BCUT2D eigenvalue weighted by Gasteiger charge is 2.14. The van der Waals surface area contributed by atoms with Crippen molar-refractivity contribution in [2.24, 2.45) is 0 Å². The minimum absolute atomic E-state index is 0.187. The molecule has 0 saturated carbocycles. The molecule has 1 aromatic rings. The van der Waals surface area contributed by atoms with E-state index < -0.39 is 6.10 Å². The number of hydrogen-bond acceptors (Lipinski definition) is 3. The van der Waals surface area contributed by atoms with Crippen LogP contribution in [0, 0.1) is 0 Å². The van der Waals surface area contributed by atoms with Crippen LogP contribution in [-0.2, 0) is 0 Å². The number of aliphatic hydroxyl groups excluding tert-OH is 1. The van der Waals surface area contributed by atoms with Crippen LogP contribution in [0.3, 0.4) is 0 Å². The fraction of sp³-hybridized carbons (Fsp3) is 0.364. The number of carbonyl (C=O) groups is 1. The SMILES string of the molecule is CSc1cc(C(=O)NCC(C)O)c(Cl)cc1Cl. The zero-order valence-corrected chi connectivity index (χ0v) is 11.8. The fourth-order valence-corrected chi connectivity index (χ4v) is 2.39. The maximum atomic E-state index is 11.8. The van der Waals surface area contributed by atoms with Gasteiger partial charge in [0.05, 0.1) is 21.7 Å². The first-order valence-corrected chi connectivity index (χ1v) is 6.93. The third-order valence-corrected chi connectivity index (χ3v) is 3.56. The van der Waals surface area contributed by atoms with Crippen molar-refractivity contribution in [1.82, 2.24) is 5.32 Å². The first-order valence-electron chi connectivity index (χ1n) is 4.95. The van der Waals surface area contributed by atoms with Crippen molar-refractivity contribution in [3.63, 3.8) is 0 Å². The minimum Gasteiger partial charge on any atom is -0.392 e. The summed E-state index contributed by atoms with van der Waals surface area (Å²) in [5, 5.41) is 12.5. The molecule has 17 heavy (non-hydrogen) atoms. The van der Waals surface area contributed by atoms with Crippen molar-refractivity contribution in [3.8, 4) is 0 Å². The van der Waals surface area contributed by atoms with Gasteiger partial charge in [-0.05, 0) is 25.3 Å². The van der Waals surface area contributed by atoms with Gasteiger partial charge in [-0.15, -0.1) is 11.8 Å². The molecule has 0 spiro atoms. The van der Waals surface area contributed by atoms with Crippen molar-refractivity contribution in [2.75, 3.05) is 12.8 Å². The Kier molecular flexibility index (Phi) is 5.59. The molecule has 94 valence electrons. The standard InChI is InChI=1S/C11H13Cl2NO2S/c1-6(15)5-14-11(16)7-3-10(17-2)9(13)4-8(7)12/h3-4,6,15H,5H2,1-2H3,(H,14,16). The average Bonchev–Trinajstić information content (AvgIpc) is 2.26. The summed E-state index contributed by atoms with van der Waals surface area (Å²) < 4.78 is 0. The molecule has 1 aromatic carbocycles. The zero-order valence-electron chi connectivity index (χ0n) is 9.46. The molecule has 2 N–H and O–H groups in total. The molecule has 3 nitrogen and oxygen atoms in total. The highest BCUT2D eigenvalue weighted by Crippen LogP contribution is 2.31. The van der Waals surface area contributed by atoms with Crippen LogP contribution in [0.25, 0.3) is 0 Å². The fourth-order valence-electron chi connectivity index (χ4n) is 1.20. The summed E-state index contributed by atoms with van der Waals surface area (Å²) in [6, 6.07) is 3.19. The largest absolute Gasteiger partial charge is 0.392 e. The molecule has 1 amide bonds. The van der Waals surface area contributed by atoms with E-state index >= 15 is 0 Å². The van der Waals surface area contributed by atoms with E-state index in [1.54, 1.807) is 19.1 Å². The Morgan fingerprint density at radius 2 is 2.12 bits per heavy atom. The first-order chi connectivity index (χ1) is 7.95. The van der Waals surface area contributed by atoms with E-state index in [1.165, 1.54) is 11.8 Å². The number of thioether (sulfide) groups is 1. The number of halogens is 2. The van der Waals surface area contributed by atoms with Crippen LogP contribution in [0.1, 0.15) is 17.3 Å². The third-order valence-electron chi connectivity index (χ3n) is 2.04. The number of rotatable bonds is 4. The second-order valence-corrected chi connectivity index (χ2v) is 5.19. The predicted molar refractivity (Wildman–Crippen MR) is 72.3 cm³/mol. The molecule has 0 aliphatic rings. The molecule has 0 aliphatic carbocycles. The molecule has 0 saturated heterocycles. The van der Waals surface area contributed by atoms with E-state index in [9.17, 15) is 4.79 Å². The van der Waals surface area contributed by atoms with E-state index in [0.29, 0.717) is 15.6 Å². The van der Waals surface area contributed by atoms with Crippen molar-refractivity contribution >= 4 is 40.9 Å². The summed E-state index contributed by atoms with van der Waals surface area (Å²) in [4.78, 5) is 12.6. The van der Waals surface area contributed by atoms with Crippen molar-refractivity contribution in [3.05, 3.63) is 27.7 Å². The van der Waals surface area contributed by atoms with Gasteiger partial charge in [0, 0.05) is 11.4 Å². The third kappa shape index (κ3) is 4.07. The van der Waals surface area contributed by atoms with Crippen LogP contribution >= 0.6 is 35.0 Å². The van der Waals surface area contributed by atoms with Gasteiger partial charge in [-0.25, -0.2) is 0 Å². The van der Waals surface area contributed by atoms with Gasteiger partial charge < -0.3 is 10.4 Å². The summed E-state index contributed by atoms with van der Waals surface area (Å²) in [5.41, 5.74) is 0.362. The lowest BCUT2D eigenvalue weighted by Crippen LogP contribution is -2.30. The number of nitrogens with one attached hydrogen (secondary N) is 1. The lowest BCUT2D eigenvalue weighted by molar-refractivity contribution is 0.0924. The Labute approximate surface area is 114 Å². The maximum absolute atomic E-state index is 11.8. The lowest BCUT2D eigenvalue weighted by atomic mass is 10.2. The number of aliphatic hydroxyl groups is 1. The Bertz CT molecular complexity index is 424. The smallest absolute Gasteiger partial charge is 0.252 e. The molecule has 1 unspecified atom stereocenters. The number of hydrogen-bond donors (Lipinski definition) is 2. The highest BCUT2D eigenvalue weighted by atomic mass is 35.5. The van der Waals surface area contributed by atoms with Gasteiger partial charge in [-0.2, -0.15) is 0 Å². The molecule has 0 fully saturated rings. The van der Waals surface area contributed by atoms with Gasteiger partial charge in [0.2, 0.25) is 0 Å². The lowest BCUT2D eigenvalue weighted by Gasteiger charge is -2.10. The van der Waals surface area contributed by atoms with Gasteiger partial charge in [0.25, 0.3) is 5.91 Å². The van der Waals surface area contributed by atoms with Gasteiger partial charge in [0.1, 0.15) is 0 Å². The first kappa shape index (κ1) is 14.6. The van der Waals surface area contributed by atoms with E-state index in [-0.39, 0.29) is 12.5 Å². The van der Waals surface area contributed by atoms with E-state index in [0.717, 1.165) is 4.90 Å². The molecule has 6 heteroatoms. The summed E-state index contributed by atoms with van der Waals surface area (Å²) in [6.07, 6.45) is 1.28. The van der Waals surface area contributed by atoms with Crippen molar-refractivity contribution in [2.45, 2.75) is 17.9 Å². The molecule has 1 atom stereocenters. The number of amides is 1. The molecule has 0 aromatic heterocycles. The van der Waals surface area contributed by atoms with Crippen LogP contribution < -0.4 is 5.32 Å². The van der Waals surface area contributed by atoms with Crippen molar-refractivity contribution < 1.29 is 9.90 Å². The monoisotopic (exact) mass is 293 g/mol. The summed E-state index contributed by atoms with van der Waals surface area (Å²) >= 11 is 13.3. The molecule has 0 heterocycles. The Morgan fingerprint density at radius 1 is 1.47 bits per heavy atom. The van der Waals surface area contributed by atoms with Gasteiger partial charge in [-0.3, -0.25) is 4.79 Å². The van der Waals surface area contributed by atoms with E-state index in [1.807, 2.05) is 6.26 Å². The molecule has 0 radical (unpaired) electrons. The second-order valence-electron chi connectivity index (χ2n) is 3.53. The zero-order chi connectivity index (χ0) is 13.0. The number of benzene rings is 1. The maximum Gasteiger partial charge on any atom is 0.252 e. The summed E-state index contributed by atoms with van der Waals surface area (Å²) in [5.74, 6) is -0.317. The summed E-state index contributed by atoms with van der Waals surface area (Å²) in [6.45, 7) is 1.78. The predicted octanol–water partition coefficient (Wildman–Crippen LogP) is 2.83. The average molecular weight is 294 g/mol. The Hall–Kier alpha value is -0.420. The van der Waals surface area contributed by atoms with Gasteiger partial charge >= 0.3 is 0 Å².